The normalized spacial score (nSPS) is 29.5. The lowest BCUT2D eigenvalue weighted by Gasteiger charge is -2.24. The topological polar surface area (TPSA) is 127 Å². The van der Waals surface area contributed by atoms with E-state index in [4.69, 9.17) is 10.5 Å². The number of nitrogen functional groups attached to an aromatic ring is 1. The Morgan fingerprint density at radius 2 is 2.20 bits per heavy atom. The number of ether oxygens (including phenoxy) is 1. The average molecular weight is 362 g/mol. The molecule has 5 N–H and O–H groups in total. The van der Waals surface area contributed by atoms with E-state index in [0.717, 1.165) is 10.4 Å². The van der Waals surface area contributed by atoms with Gasteiger partial charge in [-0.2, -0.15) is 0 Å². The average Bonchev–Trinajstić information content (AvgIpc) is 3.30. The summed E-state index contributed by atoms with van der Waals surface area (Å²) in [6.07, 6.45) is -0.234. The standard InChI is InChI=1S/C16H18N4O4S/c1-16(6-21)12(23)11(22)15(24-16)20-5-8(9-3-2-4-25-9)10-13(17)18-7-19-14(10)20/h2-5,7,11-12,15,21-23H,6H2,1H3,(H2,17,18,19)/t11-,12+,15-,16-/m1/s1. The minimum absolute atomic E-state index is 0.324. The van der Waals surface area contributed by atoms with Crippen LogP contribution in [0.3, 0.4) is 0 Å². The summed E-state index contributed by atoms with van der Waals surface area (Å²) >= 11 is 1.54. The fourth-order valence-corrected chi connectivity index (χ4v) is 3.95. The van der Waals surface area contributed by atoms with Gasteiger partial charge in [-0.3, -0.25) is 0 Å². The first kappa shape index (κ1) is 16.4. The van der Waals surface area contributed by atoms with Gasteiger partial charge in [-0.15, -0.1) is 11.3 Å². The summed E-state index contributed by atoms with van der Waals surface area (Å²) < 4.78 is 7.44. The molecule has 132 valence electrons. The van der Waals surface area contributed by atoms with E-state index < -0.39 is 30.6 Å². The Balaban J connectivity index is 1.91. The number of nitrogens with two attached hydrogens (primary N) is 1. The zero-order chi connectivity index (χ0) is 17.8. The zero-order valence-electron chi connectivity index (χ0n) is 13.4. The van der Waals surface area contributed by atoms with Gasteiger partial charge < -0.3 is 30.4 Å². The Hall–Kier alpha value is -2.04. The molecule has 0 spiro atoms. The molecule has 4 heterocycles. The number of rotatable bonds is 3. The van der Waals surface area contributed by atoms with Crippen LogP contribution in [-0.4, -0.2) is 54.3 Å². The van der Waals surface area contributed by atoms with Crippen LogP contribution in [0.4, 0.5) is 5.82 Å². The summed E-state index contributed by atoms with van der Waals surface area (Å²) in [5.74, 6) is 0.324. The van der Waals surface area contributed by atoms with Gasteiger partial charge in [0.2, 0.25) is 0 Å². The van der Waals surface area contributed by atoms with Crippen molar-refractivity contribution < 1.29 is 20.1 Å². The van der Waals surface area contributed by atoms with Crippen LogP contribution in [0.5, 0.6) is 0 Å². The van der Waals surface area contributed by atoms with Crippen molar-refractivity contribution in [3.63, 3.8) is 0 Å². The molecule has 8 nitrogen and oxygen atoms in total. The Morgan fingerprint density at radius 1 is 1.40 bits per heavy atom. The molecule has 0 unspecified atom stereocenters. The summed E-state index contributed by atoms with van der Waals surface area (Å²) in [5.41, 5.74) is 6.12. The maximum absolute atomic E-state index is 10.5. The van der Waals surface area contributed by atoms with Crippen LogP contribution in [0.1, 0.15) is 13.2 Å². The van der Waals surface area contributed by atoms with E-state index in [0.29, 0.717) is 16.9 Å². The third-order valence-corrected chi connectivity index (χ3v) is 5.55. The van der Waals surface area contributed by atoms with Gasteiger partial charge in [0.25, 0.3) is 0 Å². The van der Waals surface area contributed by atoms with Gasteiger partial charge in [-0.05, 0) is 18.4 Å². The molecule has 25 heavy (non-hydrogen) atoms. The van der Waals surface area contributed by atoms with Gasteiger partial charge in [0.05, 0.1) is 12.0 Å². The number of anilines is 1. The predicted molar refractivity (Wildman–Crippen MR) is 92.9 cm³/mol. The molecular weight excluding hydrogens is 344 g/mol. The predicted octanol–water partition coefficient (Wildman–Crippen LogP) is 0.744. The molecule has 3 aromatic rings. The van der Waals surface area contributed by atoms with Gasteiger partial charge in [-0.1, -0.05) is 6.07 Å². The maximum Gasteiger partial charge on any atom is 0.164 e. The number of aliphatic hydroxyl groups is 3. The van der Waals surface area contributed by atoms with Crippen LogP contribution >= 0.6 is 11.3 Å². The van der Waals surface area contributed by atoms with E-state index in [1.807, 2.05) is 17.5 Å². The second kappa shape index (κ2) is 5.75. The second-order valence-corrected chi connectivity index (χ2v) is 7.25. The number of aliphatic hydroxyl groups excluding tert-OH is 3. The quantitative estimate of drug-likeness (QED) is 0.541. The molecule has 0 amide bonds. The third kappa shape index (κ3) is 2.35. The summed E-state index contributed by atoms with van der Waals surface area (Å²) in [5, 5.41) is 32.9. The molecule has 0 bridgehead atoms. The Morgan fingerprint density at radius 3 is 2.84 bits per heavy atom. The molecule has 1 aliphatic heterocycles. The molecule has 3 aromatic heterocycles. The molecule has 9 heteroatoms. The van der Waals surface area contributed by atoms with Crippen LogP contribution in [0.15, 0.2) is 30.0 Å². The first-order valence-electron chi connectivity index (χ1n) is 7.76. The Bertz CT molecular complexity index is 912. The highest BCUT2D eigenvalue weighted by atomic mass is 32.1. The van der Waals surface area contributed by atoms with E-state index in [9.17, 15) is 15.3 Å². The van der Waals surface area contributed by atoms with Crippen molar-refractivity contribution in [1.29, 1.82) is 0 Å². The van der Waals surface area contributed by atoms with Crippen LogP contribution in [0.2, 0.25) is 0 Å². The number of thiophene rings is 1. The number of hydrogen-bond donors (Lipinski definition) is 4. The lowest BCUT2D eigenvalue weighted by molar-refractivity contribution is -0.115. The van der Waals surface area contributed by atoms with E-state index in [-0.39, 0.29) is 0 Å². The summed E-state index contributed by atoms with van der Waals surface area (Å²) in [7, 11) is 0. The first-order chi connectivity index (χ1) is 12.0. The van der Waals surface area contributed by atoms with Gasteiger partial charge in [-0.25, -0.2) is 9.97 Å². The highest BCUT2D eigenvalue weighted by molar-refractivity contribution is 7.13. The van der Waals surface area contributed by atoms with Gasteiger partial charge >= 0.3 is 0 Å². The fourth-order valence-electron chi connectivity index (χ4n) is 3.21. The summed E-state index contributed by atoms with van der Waals surface area (Å²) in [6.45, 7) is 1.13. The second-order valence-electron chi connectivity index (χ2n) is 6.30. The van der Waals surface area contributed by atoms with Crippen molar-refractivity contribution in [2.75, 3.05) is 12.3 Å². The van der Waals surface area contributed by atoms with E-state index >= 15 is 0 Å². The summed E-state index contributed by atoms with van der Waals surface area (Å²) in [4.78, 5) is 9.33. The van der Waals surface area contributed by atoms with Gasteiger partial charge in [0.15, 0.2) is 6.23 Å². The highest BCUT2D eigenvalue weighted by Crippen LogP contribution is 2.42. The lowest BCUT2D eigenvalue weighted by Crippen LogP contribution is -2.43. The molecule has 4 atom stereocenters. The number of nitrogens with zero attached hydrogens (tertiary/aromatic N) is 3. The van der Waals surface area contributed by atoms with Crippen molar-refractivity contribution in [2.45, 2.75) is 31.0 Å². The highest BCUT2D eigenvalue weighted by Gasteiger charge is 2.52. The smallest absolute Gasteiger partial charge is 0.164 e. The van der Waals surface area contributed by atoms with E-state index in [1.54, 1.807) is 29.0 Å². The molecular formula is C16H18N4O4S. The molecule has 1 saturated heterocycles. The van der Waals surface area contributed by atoms with Crippen molar-refractivity contribution >= 4 is 28.2 Å². The zero-order valence-corrected chi connectivity index (χ0v) is 14.2. The van der Waals surface area contributed by atoms with Crippen molar-refractivity contribution in [1.82, 2.24) is 14.5 Å². The van der Waals surface area contributed by atoms with Crippen molar-refractivity contribution in [2.24, 2.45) is 0 Å². The SMILES string of the molecule is C[C@]1(CO)O[C@@H](n2cc(-c3cccs3)c3c(N)ncnc32)[C@H](O)[C@@H]1O. The summed E-state index contributed by atoms with van der Waals surface area (Å²) in [6, 6.07) is 3.88. The Kier molecular flexibility index (Phi) is 3.78. The molecule has 0 saturated carbocycles. The third-order valence-electron chi connectivity index (χ3n) is 4.64. The molecule has 0 aromatic carbocycles. The molecule has 4 rings (SSSR count). The minimum atomic E-state index is -1.26. The monoisotopic (exact) mass is 362 g/mol. The van der Waals surface area contributed by atoms with Crippen LogP contribution in [-0.2, 0) is 4.74 Å². The molecule has 0 aliphatic carbocycles. The van der Waals surface area contributed by atoms with Crippen LogP contribution in [0.25, 0.3) is 21.5 Å². The minimum Gasteiger partial charge on any atom is -0.393 e. The van der Waals surface area contributed by atoms with E-state index in [1.165, 1.54) is 6.33 Å². The van der Waals surface area contributed by atoms with Crippen molar-refractivity contribution in [3.05, 3.63) is 30.0 Å². The van der Waals surface area contributed by atoms with Crippen LogP contribution in [0, 0.1) is 0 Å². The number of aromatic nitrogens is 3. The van der Waals surface area contributed by atoms with Crippen molar-refractivity contribution in [3.8, 4) is 10.4 Å². The molecule has 1 aliphatic rings. The van der Waals surface area contributed by atoms with Gasteiger partial charge in [0, 0.05) is 16.6 Å². The number of fused-ring (bicyclic) bond motifs is 1. The van der Waals surface area contributed by atoms with E-state index in [2.05, 4.69) is 9.97 Å². The first-order valence-corrected chi connectivity index (χ1v) is 8.64. The molecule has 0 radical (unpaired) electrons. The van der Waals surface area contributed by atoms with Crippen LogP contribution < -0.4 is 5.73 Å². The molecule has 1 fully saturated rings. The Labute approximate surface area is 147 Å². The lowest BCUT2D eigenvalue weighted by atomic mass is 9.99. The fraction of sp³-hybridized carbons (Fsp3) is 0.375. The van der Waals surface area contributed by atoms with Gasteiger partial charge in [0.1, 0.15) is 35.6 Å². The largest absolute Gasteiger partial charge is 0.393 e. The number of hydrogen-bond acceptors (Lipinski definition) is 8. The maximum atomic E-state index is 10.5.